The molecule has 3 nitrogen and oxygen atoms in total. The topological polar surface area (TPSA) is 42.0 Å². The molecule has 2 rings (SSSR count). The molecular formula is C15H16N2O. The van der Waals surface area contributed by atoms with Crippen LogP contribution in [-0.4, -0.2) is 10.9 Å². The Balaban J connectivity index is 2.01. The van der Waals surface area contributed by atoms with Gasteiger partial charge in [-0.2, -0.15) is 0 Å². The summed E-state index contributed by atoms with van der Waals surface area (Å²) in [4.78, 5) is 16.0. The third kappa shape index (κ3) is 3.17. The molecular weight excluding hydrogens is 224 g/mol. The fourth-order valence-electron chi connectivity index (χ4n) is 1.69. The molecule has 1 N–H and O–H groups in total. The van der Waals surface area contributed by atoms with E-state index in [2.05, 4.69) is 17.2 Å². The first-order valence-corrected chi connectivity index (χ1v) is 5.92. The molecule has 3 heteroatoms. The van der Waals surface area contributed by atoms with E-state index < -0.39 is 0 Å². The Hall–Kier alpha value is -2.16. The predicted octanol–water partition coefficient (Wildman–Crippen LogP) is 2.88. The van der Waals surface area contributed by atoms with Crippen LogP contribution in [0.4, 0.5) is 5.69 Å². The maximum atomic E-state index is 11.8. The van der Waals surface area contributed by atoms with Gasteiger partial charge in [0, 0.05) is 17.6 Å². The summed E-state index contributed by atoms with van der Waals surface area (Å²) in [7, 11) is 0. The van der Waals surface area contributed by atoms with Crippen molar-refractivity contribution in [1.29, 1.82) is 0 Å². The van der Waals surface area contributed by atoms with Crippen molar-refractivity contribution in [3.63, 3.8) is 0 Å². The van der Waals surface area contributed by atoms with E-state index in [-0.39, 0.29) is 5.91 Å². The number of hydrogen-bond acceptors (Lipinski definition) is 2. The molecule has 1 aromatic heterocycles. The van der Waals surface area contributed by atoms with Gasteiger partial charge in [0.25, 0.3) is 0 Å². The molecule has 0 aliphatic heterocycles. The quantitative estimate of drug-likeness (QED) is 0.896. The Kier molecular flexibility index (Phi) is 3.72. The van der Waals surface area contributed by atoms with Crippen LogP contribution in [0.2, 0.25) is 0 Å². The zero-order valence-corrected chi connectivity index (χ0v) is 10.6. The van der Waals surface area contributed by atoms with E-state index in [0.717, 1.165) is 11.4 Å². The summed E-state index contributed by atoms with van der Waals surface area (Å²) in [5.74, 6) is -0.0445. The molecule has 92 valence electrons. The molecule has 0 bridgehead atoms. The van der Waals surface area contributed by atoms with Gasteiger partial charge < -0.3 is 5.32 Å². The van der Waals surface area contributed by atoms with Gasteiger partial charge in [0.2, 0.25) is 5.91 Å². The Labute approximate surface area is 107 Å². The lowest BCUT2D eigenvalue weighted by Crippen LogP contribution is -2.15. The van der Waals surface area contributed by atoms with Gasteiger partial charge in [-0.3, -0.25) is 9.78 Å². The van der Waals surface area contributed by atoms with Gasteiger partial charge in [-0.25, -0.2) is 0 Å². The lowest BCUT2D eigenvalue weighted by molar-refractivity contribution is -0.115. The van der Waals surface area contributed by atoms with Crippen LogP contribution in [0.25, 0.3) is 0 Å². The maximum Gasteiger partial charge on any atom is 0.230 e. The summed E-state index contributed by atoms with van der Waals surface area (Å²) >= 11 is 0. The number of benzene rings is 1. The summed E-state index contributed by atoms with van der Waals surface area (Å²) in [6.07, 6.45) is 1.99. The second kappa shape index (κ2) is 5.45. The smallest absolute Gasteiger partial charge is 0.230 e. The number of carbonyl (C=O) groups excluding carboxylic acids is 1. The highest BCUT2D eigenvalue weighted by molar-refractivity contribution is 5.92. The minimum atomic E-state index is -0.0445. The number of nitrogens with zero attached hydrogens (tertiary/aromatic N) is 1. The molecule has 2 aromatic rings. The molecule has 0 spiro atoms. The molecule has 0 unspecified atom stereocenters. The van der Waals surface area contributed by atoms with Crippen LogP contribution in [0.1, 0.15) is 16.8 Å². The number of nitrogens with one attached hydrogen (secondary N) is 1. The normalized spacial score (nSPS) is 10.1. The lowest BCUT2D eigenvalue weighted by Gasteiger charge is -2.07. The number of aromatic nitrogens is 1. The van der Waals surface area contributed by atoms with Crippen LogP contribution in [0.15, 0.2) is 42.6 Å². The number of amides is 1. The number of pyridine rings is 1. The van der Waals surface area contributed by atoms with Crippen LogP contribution in [-0.2, 0) is 11.2 Å². The molecule has 0 radical (unpaired) electrons. The Bertz CT molecular complexity index is 550. The molecule has 1 amide bonds. The van der Waals surface area contributed by atoms with E-state index >= 15 is 0 Å². The van der Waals surface area contributed by atoms with E-state index in [1.165, 1.54) is 11.1 Å². The maximum absolute atomic E-state index is 11.8. The molecule has 0 atom stereocenters. The van der Waals surface area contributed by atoms with Crippen molar-refractivity contribution in [1.82, 2.24) is 4.98 Å². The third-order valence-corrected chi connectivity index (χ3v) is 2.86. The van der Waals surface area contributed by atoms with Gasteiger partial charge in [-0.05, 0) is 49.2 Å². The molecule has 0 saturated carbocycles. The summed E-state index contributed by atoms with van der Waals surface area (Å²) in [6.45, 7) is 4.08. The predicted molar refractivity (Wildman–Crippen MR) is 72.5 cm³/mol. The minimum Gasteiger partial charge on any atom is -0.326 e. The van der Waals surface area contributed by atoms with Gasteiger partial charge >= 0.3 is 0 Å². The van der Waals surface area contributed by atoms with E-state index in [9.17, 15) is 4.79 Å². The van der Waals surface area contributed by atoms with Crippen LogP contribution in [0.3, 0.4) is 0 Å². The molecule has 1 heterocycles. The number of carbonyl (C=O) groups is 1. The van der Waals surface area contributed by atoms with Crippen LogP contribution in [0, 0.1) is 13.8 Å². The first-order valence-electron chi connectivity index (χ1n) is 5.92. The minimum absolute atomic E-state index is 0.0445. The standard InChI is InChI=1S/C15H16N2O/c1-11-6-7-14(9-12(11)2)17-15(18)10-13-5-3-4-8-16-13/h3-9H,10H2,1-2H3,(H,17,18). The van der Waals surface area contributed by atoms with Crippen LogP contribution in [0.5, 0.6) is 0 Å². The Morgan fingerprint density at radius 3 is 2.67 bits per heavy atom. The Morgan fingerprint density at radius 2 is 2.00 bits per heavy atom. The summed E-state index contributed by atoms with van der Waals surface area (Å²) in [6, 6.07) is 11.5. The van der Waals surface area contributed by atoms with Crippen molar-refractivity contribution in [2.75, 3.05) is 5.32 Å². The van der Waals surface area contributed by atoms with Gasteiger partial charge in [0.1, 0.15) is 0 Å². The molecule has 0 saturated heterocycles. The largest absolute Gasteiger partial charge is 0.326 e. The number of rotatable bonds is 3. The zero-order chi connectivity index (χ0) is 13.0. The van der Waals surface area contributed by atoms with Crippen molar-refractivity contribution < 1.29 is 4.79 Å². The molecule has 0 aliphatic carbocycles. The summed E-state index contributed by atoms with van der Waals surface area (Å²) in [5.41, 5.74) is 4.00. The van der Waals surface area contributed by atoms with Crippen LogP contribution >= 0.6 is 0 Å². The highest BCUT2D eigenvalue weighted by Crippen LogP contribution is 2.14. The highest BCUT2D eigenvalue weighted by atomic mass is 16.1. The first-order chi connectivity index (χ1) is 8.65. The lowest BCUT2D eigenvalue weighted by atomic mass is 10.1. The molecule has 0 aliphatic rings. The van der Waals surface area contributed by atoms with Gasteiger partial charge in [-0.15, -0.1) is 0 Å². The number of aryl methyl sites for hydroxylation is 2. The van der Waals surface area contributed by atoms with E-state index in [1.54, 1.807) is 6.20 Å². The van der Waals surface area contributed by atoms with Crippen molar-refractivity contribution >= 4 is 11.6 Å². The second-order valence-electron chi connectivity index (χ2n) is 4.35. The molecule has 0 fully saturated rings. The zero-order valence-electron chi connectivity index (χ0n) is 10.6. The average molecular weight is 240 g/mol. The van der Waals surface area contributed by atoms with Crippen molar-refractivity contribution in [3.05, 3.63) is 59.4 Å². The van der Waals surface area contributed by atoms with E-state index in [1.807, 2.05) is 43.3 Å². The fraction of sp³-hybridized carbons (Fsp3) is 0.200. The monoisotopic (exact) mass is 240 g/mol. The SMILES string of the molecule is Cc1ccc(NC(=O)Cc2ccccn2)cc1C. The summed E-state index contributed by atoms with van der Waals surface area (Å²) in [5, 5.41) is 2.88. The highest BCUT2D eigenvalue weighted by Gasteiger charge is 2.05. The number of hydrogen-bond donors (Lipinski definition) is 1. The van der Waals surface area contributed by atoms with Gasteiger partial charge in [0.05, 0.1) is 6.42 Å². The Morgan fingerprint density at radius 1 is 1.17 bits per heavy atom. The third-order valence-electron chi connectivity index (χ3n) is 2.86. The molecule has 1 aromatic carbocycles. The van der Waals surface area contributed by atoms with Gasteiger partial charge in [0.15, 0.2) is 0 Å². The molecule has 18 heavy (non-hydrogen) atoms. The van der Waals surface area contributed by atoms with Crippen molar-refractivity contribution in [2.45, 2.75) is 20.3 Å². The summed E-state index contributed by atoms with van der Waals surface area (Å²) < 4.78 is 0. The fourth-order valence-corrected chi connectivity index (χ4v) is 1.69. The number of anilines is 1. The van der Waals surface area contributed by atoms with Crippen molar-refractivity contribution in [2.24, 2.45) is 0 Å². The average Bonchev–Trinajstić information content (AvgIpc) is 2.35. The van der Waals surface area contributed by atoms with E-state index in [4.69, 9.17) is 0 Å². The first kappa shape index (κ1) is 12.3. The van der Waals surface area contributed by atoms with Crippen molar-refractivity contribution in [3.8, 4) is 0 Å². The van der Waals surface area contributed by atoms with Gasteiger partial charge in [-0.1, -0.05) is 12.1 Å². The second-order valence-corrected chi connectivity index (χ2v) is 4.35. The van der Waals surface area contributed by atoms with E-state index in [0.29, 0.717) is 6.42 Å². The van der Waals surface area contributed by atoms with Crippen LogP contribution < -0.4 is 5.32 Å².